The topological polar surface area (TPSA) is 24.5 Å². The van der Waals surface area contributed by atoms with Gasteiger partial charge in [-0.2, -0.15) is 0 Å². The van der Waals surface area contributed by atoms with Crippen LogP contribution in [0.3, 0.4) is 0 Å². The van der Waals surface area contributed by atoms with E-state index in [9.17, 15) is 0 Å². The predicted molar refractivity (Wildman–Crippen MR) is 120 cm³/mol. The van der Waals surface area contributed by atoms with Crippen LogP contribution in [-0.4, -0.2) is 24.6 Å². The van der Waals surface area contributed by atoms with E-state index in [1.165, 1.54) is 48.9 Å². The minimum absolute atomic E-state index is 0.461. The van der Waals surface area contributed by atoms with Gasteiger partial charge >= 0.3 is 0 Å². The van der Waals surface area contributed by atoms with Gasteiger partial charge in [-0.1, -0.05) is 45.8 Å². The van der Waals surface area contributed by atoms with Crippen molar-refractivity contribution in [3.63, 3.8) is 0 Å². The van der Waals surface area contributed by atoms with Gasteiger partial charge in [0.05, 0.1) is 6.61 Å². The standard InChI is InChI=1S/C25H38N2O/c1-6-7-16-28-21(4)26-23-11-12-24(19(2)17-23)20(3)27-15-13-22-10-8-9-14-25(22,5)18-27/h11-12,17,22,26H,3-4,6-10,13-16,18H2,1-2,5H3. The van der Waals surface area contributed by atoms with Gasteiger partial charge in [-0.3, -0.25) is 0 Å². The summed E-state index contributed by atoms with van der Waals surface area (Å²) < 4.78 is 5.63. The number of aryl methyl sites for hydroxylation is 1. The number of hydrogen-bond donors (Lipinski definition) is 1. The molecule has 3 heteroatoms. The van der Waals surface area contributed by atoms with Gasteiger partial charge in [-0.25, -0.2) is 0 Å². The summed E-state index contributed by atoms with van der Waals surface area (Å²) in [6, 6.07) is 6.47. The van der Waals surface area contributed by atoms with Gasteiger partial charge in [-0.05, 0) is 68.2 Å². The number of ether oxygens (including phenoxy) is 1. The van der Waals surface area contributed by atoms with Crippen LogP contribution in [-0.2, 0) is 4.74 Å². The molecule has 1 saturated heterocycles. The van der Waals surface area contributed by atoms with Crippen molar-refractivity contribution >= 4 is 11.4 Å². The summed E-state index contributed by atoms with van der Waals surface area (Å²) in [6.45, 7) is 18.3. The number of anilines is 1. The summed E-state index contributed by atoms with van der Waals surface area (Å²) in [4.78, 5) is 2.53. The smallest absolute Gasteiger partial charge is 0.183 e. The van der Waals surface area contributed by atoms with Crippen molar-refractivity contribution in [3.05, 3.63) is 48.4 Å². The van der Waals surface area contributed by atoms with Gasteiger partial charge in [0.1, 0.15) is 0 Å². The van der Waals surface area contributed by atoms with Crippen LogP contribution in [0.5, 0.6) is 0 Å². The van der Waals surface area contributed by atoms with Crippen molar-refractivity contribution in [2.45, 2.75) is 65.7 Å². The van der Waals surface area contributed by atoms with Crippen molar-refractivity contribution < 1.29 is 4.74 Å². The Balaban J connectivity index is 1.63. The van der Waals surface area contributed by atoms with Gasteiger partial charge in [-0.15, -0.1) is 0 Å². The van der Waals surface area contributed by atoms with Crippen LogP contribution in [0.15, 0.2) is 37.2 Å². The van der Waals surface area contributed by atoms with Gasteiger partial charge in [0, 0.05) is 30.0 Å². The number of benzene rings is 1. The minimum atomic E-state index is 0.461. The largest absolute Gasteiger partial charge is 0.479 e. The summed E-state index contributed by atoms with van der Waals surface area (Å²) in [6.07, 6.45) is 9.07. The molecular weight excluding hydrogens is 344 g/mol. The van der Waals surface area contributed by atoms with E-state index < -0.39 is 0 Å². The Kier molecular flexibility index (Phi) is 6.74. The number of hydrogen-bond acceptors (Lipinski definition) is 3. The van der Waals surface area contributed by atoms with Crippen LogP contribution >= 0.6 is 0 Å². The number of fused-ring (bicyclic) bond motifs is 1. The Morgan fingerprint density at radius 3 is 2.86 bits per heavy atom. The molecule has 1 aromatic carbocycles. The molecule has 1 saturated carbocycles. The van der Waals surface area contributed by atoms with Crippen molar-refractivity contribution in [3.8, 4) is 0 Å². The third-order valence-electron chi connectivity index (χ3n) is 6.81. The average molecular weight is 383 g/mol. The molecule has 3 nitrogen and oxygen atoms in total. The van der Waals surface area contributed by atoms with E-state index in [0.29, 0.717) is 17.9 Å². The van der Waals surface area contributed by atoms with E-state index in [2.05, 4.69) is 62.3 Å². The number of likely N-dealkylation sites (tertiary alicyclic amines) is 1. The van der Waals surface area contributed by atoms with Gasteiger partial charge in [0.2, 0.25) is 0 Å². The third-order valence-corrected chi connectivity index (χ3v) is 6.81. The molecule has 2 unspecified atom stereocenters. The SMILES string of the molecule is C=C(Nc1ccc(C(=C)N2CCC3CCCCC3(C)C2)c(C)c1)OCCCC. The fraction of sp³-hybridized carbons (Fsp3) is 0.600. The second kappa shape index (κ2) is 9.07. The second-order valence-corrected chi connectivity index (χ2v) is 9.03. The molecule has 1 aromatic rings. The summed E-state index contributed by atoms with van der Waals surface area (Å²) in [5.41, 5.74) is 5.15. The van der Waals surface area contributed by atoms with Crippen LogP contribution in [0.2, 0.25) is 0 Å². The van der Waals surface area contributed by atoms with Crippen LogP contribution in [0.1, 0.15) is 69.9 Å². The van der Waals surface area contributed by atoms with E-state index in [4.69, 9.17) is 4.74 Å². The maximum atomic E-state index is 5.63. The second-order valence-electron chi connectivity index (χ2n) is 9.03. The Morgan fingerprint density at radius 2 is 2.11 bits per heavy atom. The summed E-state index contributed by atoms with van der Waals surface area (Å²) in [5.74, 6) is 1.52. The molecule has 0 spiro atoms. The first-order valence-electron chi connectivity index (χ1n) is 11.1. The monoisotopic (exact) mass is 382 g/mol. The Hall–Kier alpha value is -1.90. The minimum Gasteiger partial charge on any atom is -0.479 e. The Bertz CT molecular complexity index is 710. The molecule has 0 radical (unpaired) electrons. The molecule has 0 aromatic heterocycles. The van der Waals surface area contributed by atoms with Crippen molar-refractivity contribution in [2.24, 2.45) is 11.3 Å². The molecule has 1 N–H and O–H groups in total. The number of piperidine rings is 1. The maximum absolute atomic E-state index is 5.63. The van der Waals surface area contributed by atoms with E-state index in [1.807, 2.05) is 0 Å². The fourth-order valence-corrected chi connectivity index (χ4v) is 5.00. The van der Waals surface area contributed by atoms with Crippen molar-refractivity contribution in [1.82, 2.24) is 4.90 Å². The molecule has 0 amide bonds. The average Bonchev–Trinajstić information content (AvgIpc) is 2.67. The predicted octanol–water partition coefficient (Wildman–Crippen LogP) is 6.57. The molecule has 28 heavy (non-hydrogen) atoms. The van der Waals surface area contributed by atoms with Crippen LogP contribution < -0.4 is 5.32 Å². The van der Waals surface area contributed by atoms with Crippen LogP contribution in [0, 0.1) is 18.3 Å². The molecule has 1 aliphatic carbocycles. The lowest BCUT2D eigenvalue weighted by Gasteiger charge is -2.50. The summed E-state index contributed by atoms with van der Waals surface area (Å²) in [5, 5.41) is 3.27. The fourth-order valence-electron chi connectivity index (χ4n) is 5.00. The van der Waals surface area contributed by atoms with Crippen LogP contribution in [0.25, 0.3) is 5.70 Å². The first-order chi connectivity index (χ1) is 13.4. The lowest BCUT2D eigenvalue weighted by Crippen LogP contribution is -2.47. The molecular formula is C25H38N2O. The first kappa shape index (κ1) is 20.8. The Morgan fingerprint density at radius 1 is 1.29 bits per heavy atom. The molecule has 2 aliphatic rings. The molecule has 154 valence electrons. The van der Waals surface area contributed by atoms with Crippen molar-refractivity contribution in [1.29, 1.82) is 0 Å². The van der Waals surface area contributed by atoms with E-state index in [-0.39, 0.29) is 0 Å². The Labute approximate surface area is 171 Å². The van der Waals surface area contributed by atoms with Crippen molar-refractivity contribution in [2.75, 3.05) is 25.0 Å². The zero-order valence-corrected chi connectivity index (χ0v) is 18.2. The number of rotatable bonds is 8. The third kappa shape index (κ3) is 4.74. The number of unbranched alkanes of at least 4 members (excludes halogenated alkanes) is 1. The molecule has 3 rings (SSSR count). The molecule has 2 fully saturated rings. The highest BCUT2D eigenvalue weighted by Crippen LogP contribution is 2.47. The molecule has 1 heterocycles. The first-order valence-corrected chi connectivity index (χ1v) is 11.1. The molecule has 1 aliphatic heterocycles. The highest BCUT2D eigenvalue weighted by atomic mass is 16.5. The van der Waals surface area contributed by atoms with Gasteiger partial charge in [0.15, 0.2) is 5.88 Å². The number of nitrogens with zero attached hydrogens (tertiary/aromatic N) is 1. The quantitative estimate of drug-likeness (QED) is 0.406. The van der Waals surface area contributed by atoms with Crippen LogP contribution in [0.4, 0.5) is 5.69 Å². The van der Waals surface area contributed by atoms with Gasteiger partial charge < -0.3 is 15.0 Å². The highest BCUT2D eigenvalue weighted by Gasteiger charge is 2.41. The molecule has 0 bridgehead atoms. The lowest BCUT2D eigenvalue weighted by atomic mass is 9.64. The lowest BCUT2D eigenvalue weighted by molar-refractivity contribution is 0.0337. The normalized spacial score (nSPS) is 24.4. The molecule has 2 atom stereocenters. The van der Waals surface area contributed by atoms with E-state index >= 15 is 0 Å². The summed E-state index contributed by atoms with van der Waals surface area (Å²) in [7, 11) is 0. The number of nitrogens with one attached hydrogen (secondary N) is 1. The maximum Gasteiger partial charge on any atom is 0.183 e. The zero-order chi connectivity index (χ0) is 20.1. The summed E-state index contributed by atoms with van der Waals surface area (Å²) >= 11 is 0. The highest BCUT2D eigenvalue weighted by molar-refractivity contribution is 5.68. The zero-order valence-electron chi connectivity index (χ0n) is 18.2. The van der Waals surface area contributed by atoms with E-state index in [0.717, 1.165) is 37.5 Å². The van der Waals surface area contributed by atoms with E-state index in [1.54, 1.807) is 0 Å². The van der Waals surface area contributed by atoms with Gasteiger partial charge in [0.25, 0.3) is 0 Å².